The summed E-state index contributed by atoms with van der Waals surface area (Å²) < 4.78 is 0.957. The normalized spacial score (nSPS) is 17.4. The minimum atomic E-state index is -0.836. The molecule has 1 aromatic heterocycles. The zero-order chi connectivity index (χ0) is 14.5. The summed E-state index contributed by atoms with van der Waals surface area (Å²) in [6.07, 6.45) is 6.32. The van der Waals surface area contributed by atoms with E-state index in [1.54, 1.807) is 0 Å². The quantitative estimate of drug-likeness (QED) is 0.580. The molecule has 108 valence electrons. The number of aromatic amines is 2. The largest absolute Gasteiger partial charge is 0.333 e. The van der Waals surface area contributed by atoms with Crippen molar-refractivity contribution in [2.75, 3.05) is 6.54 Å². The monoisotopic (exact) mass is 280 g/mol. The summed E-state index contributed by atoms with van der Waals surface area (Å²) in [5.74, 6) is 0.0885. The van der Waals surface area contributed by atoms with Gasteiger partial charge in [-0.3, -0.25) is 9.97 Å². The molecule has 20 heavy (non-hydrogen) atoms. The van der Waals surface area contributed by atoms with E-state index in [0.29, 0.717) is 0 Å². The second-order valence-electron chi connectivity index (χ2n) is 4.96. The van der Waals surface area contributed by atoms with Crippen molar-refractivity contribution in [3.05, 3.63) is 31.5 Å². The third kappa shape index (κ3) is 3.03. The van der Waals surface area contributed by atoms with Crippen LogP contribution in [0, 0.1) is 5.92 Å². The van der Waals surface area contributed by atoms with E-state index in [0.717, 1.165) is 36.7 Å². The first-order valence-electron chi connectivity index (χ1n) is 6.62. The zero-order valence-corrected chi connectivity index (χ0v) is 10.9. The molecule has 1 aromatic rings. The van der Waals surface area contributed by atoms with Gasteiger partial charge < -0.3 is 0 Å². The van der Waals surface area contributed by atoms with Gasteiger partial charge in [0.25, 0.3) is 0 Å². The first-order valence-corrected chi connectivity index (χ1v) is 6.62. The lowest BCUT2D eigenvalue weighted by Crippen LogP contribution is -2.47. The Labute approximate surface area is 113 Å². The van der Waals surface area contributed by atoms with Crippen molar-refractivity contribution < 1.29 is 4.79 Å². The van der Waals surface area contributed by atoms with E-state index in [-0.39, 0.29) is 12.5 Å². The molecule has 0 bridgehead atoms. The average molecular weight is 280 g/mol. The fourth-order valence-electron chi connectivity index (χ4n) is 2.83. The molecule has 1 atom stereocenters. The Bertz CT molecular complexity index is 639. The fourth-order valence-corrected chi connectivity index (χ4v) is 2.83. The van der Waals surface area contributed by atoms with E-state index < -0.39 is 23.1 Å². The molecule has 1 unspecified atom stereocenters. The Morgan fingerprint density at radius 3 is 2.30 bits per heavy atom. The lowest BCUT2D eigenvalue weighted by atomic mass is 9.84. The number of hydrogen-bond donors (Lipinski definition) is 2. The van der Waals surface area contributed by atoms with Crippen molar-refractivity contribution in [3.8, 4) is 0 Å². The molecule has 8 heteroatoms. The third-order valence-electron chi connectivity index (χ3n) is 3.75. The molecule has 1 saturated carbocycles. The van der Waals surface area contributed by atoms with Gasteiger partial charge in [0, 0.05) is 0 Å². The third-order valence-corrected chi connectivity index (χ3v) is 3.75. The number of hydrogen-bond acceptors (Lipinski definition) is 5. The van der Waals surface area contributed by atoms with Crippen LogP contribution in [-0.4, -0.2) is 27.2 Å². The predicted octanol–water partition coefficient (Wildman–Crippen LogP) is -0.318. The second kappa shape index (κ2) is 6.29. The number of aromatic nitrogens is 3. The topological polar surface area (TPSA) is 117 Å². The number of rotatable bonds is 4. The van der Waals surface area contributed by atoms with Crippen LogP contribution in [0.25, 0.3) is 0 Å². The maximum absolute atomic E-state index is 11.9. The van der Waals surface area contributed by atoms with Crippen LogP contribution < -0.4 is 17.1 Å². The van der Waals surface area contributed by atoms with Gasteiger partial charge in [0.05, 0.1) is 12.6 Å². The van der Waals surface area contributed by atoms with Gasteiger partial charge in [0.2, 0.25) is 6.08 Å². The molecule has 1 heterocycles. The van der Waals surface area contributed by atoms with Gasteiger partial charge in [-0.25, -0.2) is 28.7 Å². The summed E-state index contributed by atoms with van der Waals surface area (Å²) >= 11 is 0. The second-order valence-corrected chi connectivity index (χ2v) is 4.96. The molecule has 1 fully saturated rings. The molecule has 2 rings (SSSR count). The summed E-state index contributed by atoms with van der Waals surface area (Å²) in [6, 6.07) is -0.523. The standard InChI is InChI=1S/C12H16N4O4/c17-7-13-6-9(8-4-2-1-3-5-8)16-11(19)14-10(18)15-12(16)20/h8-9H,1-6H2,(H2,14,15,18,19,20). The van der Waals surface area contributed by atoms with Crippen LogP contribution in [0.3, 0.4) is 0 Å². The highest BCUT2D eigenvalue weighted by molar-refractivity contribution is 5.32. The minimum Gasteiger partial charge on any atom is -0.259 e. The Kier molecular flexibility index (Phi) is 4.47. The van der Waals surface area contributed by atoms with Gasteiger partial charge in [-0.05, 0) is 18.8 Å². The van der Waals surface area contributed by atoms with E-state index in [4.69, 9.17) is 0 Å². The van der Waals surface area contributed by atoms with Crippen LogP contribution in [0.5, 0.6) is 0 Å². The summed E-state index contributed by atoms with van der Waals surface area (Å²) in [7, 11) is 0. The fraction of sp³-hybridized carbons (Fsp3) is 0.667. The number of isocyanates is 1. The van der Waals surface area contributed by atoms with Crippen molar-refractivity contribution in [1.82, 2.24) is 14.5 Å². The van der Waals surface area contributed by atoms with Gasteiger partial charge in [0.1, 0.15) is 0 Å². The summed E-state index contributed by atoms with van der Waals surface area (Å²) in [5.41, 5.74) is -2.37. The maximum atomic E-state index is 11.9. The van der Waals surface area contributed by atoms with Crippen molar-refractivity contribution in [2.24, 2.45) is 10.9 Å². The van der Waals surface area contributed by atoms with Gasteiger partial charge >= 0.3 is 17.1 Å². The van der Waals surface area contributed by atoms with Gasteiger partial charge in [-0.2, -0.15) is 0 Å². The Morgan fingerprint density at radius 1 is 1.15 bits per heavy atom. The molecule has 0 radical (unpaired) electrons. The lowest BCUT2D eigenvalue weighted by molar-refractivity contribution is 0.241. The number of carbonyl (C=O) groups excluding carboxylic acids is 1. The van der Waals surface area contributed by atoms with E-state index in [2.05, 4.69) is 4.99 Å². The van der Waals surface area contributed by atoms with Crippen LogP contribution in [0.1, 0.15) is 38.1 Å². The highest BCUT2D eigenvalue weighted by Crippen LogP contribution is 2.31. The van der Waals surface area contributed by atoms with Gasteiger partial charge in [-0.15, -0.1) is 0 Å². The molecule has 2 N–H and O–H groups in total. The molecule has 0 amide bonds. The number of H-pyrrole nitrogens is 2. The van der Waals surface area contributed by atoms with Crippen molar-refractivity contribution in [2.45, 2.75) is 38.1 Å². The van der Waals surface area contributed by atoms with Crippen molar-refractivity contribution in [1.29, 1.82) is 0 Å². The maximum Gasteiger partial charge on any atom is 0.333 e. The van der Waals surface area contributed by atoms with Crippen LogP contribution in [0.4, 0.5) is 0 Å². The first-order chi connectivity index (χ1) is 9.63. The molecule has 8 nitrogen and oxygen atoms in total. The first kappa shape index (κ1) is 14.2. The van der Waals surface area contributed by atoms with Gasteiger partial charge in [-0.1, -0.05) is 19.3 Å². The smallest absolute Gasteiger partial charge is 0.259 e. The summed E-state index contributed by atoms with van der Waals surface area (Å²) in [6.45, 7) is 0.0171. The molecule has 1 aliphatic carbocycles. The highest BCUT2D eigenvalue weighted by atomic mass is 16.2. The van der Waals surface area contributed by atoms with E-state index >= 15 is 0 Å². The molecule has 0 saturated heterocycles. The predicted molar refractivity (Wildman–Crippen MR) is 70.5 cm³/mol. The van der Waals surface area contributed by atoms with Crippen molar-refractivity contribution >= 4 is 6.08 Å². The summed E-state index contributed by atoms with van der Waals surface area (Å²) in [4.78, 5) is 52.7. The number of aliphatic imine (C=N–C) groups is 1. The Hall–Kier alpha value is -2.21. The molecule has 1 aliphatic rings. The van der Waals surface area contributed by atoms with E-state index in [9.17, 15) is 19.2 Å². The lowest BCUT2D eigenvalue weighted by Gasteiger charge is -2.29. The zero-order valence-electron chi connectivity index (χ0n) is 10.9. The molecule has 0 spiro atoms. The Morgan fingerprint density at radius 2 is 1.75 bits per heavy atom. The van der Waals surface area contributed by atoms with Crippen LogP contribution in [-0.2, 0) is 4.79 Å². The van der Waals surface area contributed by atoms with E-state index in [1.807, 2.05) is 9.97 Å². The SMILES string of the molecule is O=C=NCC(C1CCCCC1)n1c(=O)[nH]c(=O)[nH]c1=O. The van der Waals surface area contributed by atoms with Gasteiger partial charge in [0.15, 0.2) is 0 Å². The number of nitrogens with zero attached hydrogens (tertiary/aromatic N) is 2. The molecular formula is C12H16N4O4. The highest BCUT2D eigenvalue weighted by Gasteiger charge is 2.27. The molecule has 0 aromatic carbocycles. The van der Waals surface area contributed by atoms with Crippen LogP contribution in [0.2, 0.25) is 0 Å². The number of nitrogens with one attached hydrogen (secondary N) is 2. The molecule has 0 aliphatic heterocycles. The Balaban J connectivity index is 2.45. The minimum absolute atomic E-state index is 0.0171. The summed E-state index contributed by atoms with van der Waals surface area (Å²) in [5, 5.41) is 0. The van der Waals surface area contributed by atoms with E-state index in [1.165, 1.54) is 6.08 Å². The molecular weight excluding hydrogens is 264 g/mol. The average Bonchev–Trinajstić information content (AvgIpc) is 2.42. The van der Waals surface area contributed by atoms with Crippen LogP contribution >= 0.6 is 0 Å². The van der Waals surface area contributed by atoms with Crippen molar-refractivity contribution in [3.63, 3.8) is 0 Å². The van der Waals surface area contributed by atoms with Crippen LogP contribution in [0.15, 0.2) is 19.4 Å².